The molecule has 0 aliphatic heterocycles. The van der Waals surface area contributed by atoms with E-state index in [0.29, 0.717) is 28.3 Å². The minimum absolute atomic E-state index is 0.144. The fraction of sp³-hybridized carbons (Fsp3) is 0.250. The van der Waals surface area contributed by atoms with Crippen molar-refractivity contribution >= 4 is 29.5 Å². The van der Waals surface area contributed by atoms with Crippen LogP contribution in [0.25, 0.3) is 0 Å². The molecular weight excluding hydrogens is 304 g/mol. The minimum atomic E-state index is -1.02. The monoisotopic (exact) mass is 318 g/mol. The summed E-state index contributed by atoms with van der Waals surface area (Å²) in [6, 6.07) is 8.22. The fourth-order valence-electron chi connectivity index (χ4n) is 2.27. The van der Waals surface area contributed by atoms with E-state index in [2.05, 4.69) is 17.5 Å². The van der Waals surface area contributed by atoms with Gasteiger partial charge in [0.15, 0.2) is 0 Å². The van der Waals surface area contributed by atoms with Crippen molar-refractivity contribution in [2.24, 2.45) is 11.0 Å². The van der Waals surface area contributed by atoms with Crippen molar-refractivity contribution < 1.29 is 14.3 Å². The Morgan fingerprint density at radius 3 is 2.91 bits per heavy atom. The molecule has 1 fully saturated rings. The van der Waals surface area contributed by atoms with Crippen molar-refractivity contribution in [1.29, 1.82) is 0 Å². The third kappa shape index (κ3) is 3.14. The van der Waals surface area contributed by atoms with E-state index in [4.69, 9.17) is 21.1 Å². The molecule has 5 nitrogen and oxygen atoms in total. The summed E-state index contributed by atoms with van der Waals surface area (Å²) in [6.07, 6.45) is 2.71. The van der Waals surface area contributed by atoms with Gasteiger partial charge in [-0.2, -0.15) is 5.10 Å². The van der Waals surface area contributed by atoms with Crippen LogP contribution in [0.2, 0.25) is 5.02 Å². The second kappa shape index (κ2) is 5.85. The third-order valence-electron chi connectivity index (χ3n) is 3.71. The Bertz CT molecular complexity index is 739. The lowest BCUT2D eigenvalue weighted by molar-refractivity contribution is 0.0697. The van der Waals surface area contributed by atoms with Gasteiger partial charge in [0.1, 0.15) is 11.5 Å². The first-order valence-corrected chi connectivity index (χ1v) is 7.34. The van der Waals surface area contributed by atoms with Gasteiger partial charge in [-0.1, -0.05) is 18.5 Å². The summed E-state index contributed by atoms with van der Waals surface area (Å²) in [5.74, 6) is 1.83. The molecule has 1 heterocycles. The number of rotatable bonds is 5. The number of carbonyl (C=O) groups is 1. The fourth-order valence-corrected chi connectivity index (χ4v) is 2.42. The summed E-state index contributed by atoms with van der Waals surface area (Å²) in [4.78, 5) is 10.9. The predicted octanol–water partition coefficient (Wildman–Crippen LogP) is 4.20. The van der Waals surface area contributed by atoms with E-state index in [1.165, 1.54) is 24.6 Å². The molecule has 0 radical (unpaired) electrons. The number of nitrogens with zero attached hydrogens (tertiary/aromatic N) is 1. The van der Waals surface area contributed by atoms with Crippen LogP contribution in [0.1, 0.15) is 41.1 Å². The molecule has 0 amide bonds. The molecule has 1 saturated carbocycles. The van der Waals surface area contributed by atoms with Gasteiger partial charge in [-0.05, 0) is 42.7 Å². The molecule has 2 atom stereocenters. The Balaban J connectivity index is 1.68. The number of hydrogen-bond acceptors (Lipinski definition) is 4. The highest BCUT2D eigenvalue weighted by atomic mass is 35.5. The van der Waals surface area contributed by atoms with Crippen LogP contribution in [-0.2, 0) is 0 Å². The summed E-state index contributed by atoms with van der Waals surface area (Å²) in [6.45, 7) is 2.19. The molecule has 6 heteroatoms. The molecule has 1 aromatic carbocycles. The van der Waals surface area contributed by atoms with Gasteiger partial charge >= 0.3 is 5.97 Å². The number of hydrogen-bond donors (Lipinski definition) is 2. The Morgan fingerprint density at radius 2 is 2.23 bits per heavy atom. The highest BCUT2D eigenvalue weighted by Crippen LogP contribution is 2.47. The van der Waals surface area contributed by atoms with Crippen LogP contribution in [0.5, 0.6) is 0 Å². The summed E-state index contributed by atoms with van der Waals surface area (Å²) < 4.78 is 5.69. The summed E-state index contributed by atoms with van der Waals surface area (Å²) in [5, 5.41) is 13.4. The molecule has 2 N–H and O–H groups in total. The molecule has 0 spiro atoms. The van der Waals surface area contributed by atoms with Crippen molar-refractivity contribution in [2.75, 3.05) is 5.43 Å². The number of hydrazone groups is 1. The SMILES string of the molecule is C[C@H]1C[C@H]1c1ccc(/C=N\Nc2cc(C(=O)O)ccc2Cl)o1. The first kappa shape index (κ1) is 14.7. The standard InChI is InChI=1S/C16H15ClN2O3/c1-9-6-12(9)15-5-3-11(22-15)8-18-19-14-7-10(16(20)21)2-4-13(14)17/h2-5,7-9,12,19H,6H2,1H3,(H,20,21)/b18-8-/t9-,12+/m0/s1. The zero-order chi connectivity index (χ0) is 15.7. The van der Waals surface area contributed by atoms with Crippen molar-refractivity contribution in [3.8, 4) is 0 Å². The molecule has 0 unspecified atom stereocenters. The van der Waals surface area contributed by atoms with Gasteiger partial charge in [-0.3, -0.25) is 5.43 Å². The van der Waals surface area contributed by atoms with Crippen molar-refractivity contribution in [1.82, 2.24) is 0 Å². The predicted molar refractivity (Wildman–Crippen MR) is 84.9 cm³/mol. The lowest BCUT2D eigenvalue weighted by atomic mass is 10.2. The van der Waals surface area contributed by atoms with Crippen LogP contribution in [0, 0.1) is 5.92 Å². The highest BCUT2D eigenvalue weighted by Gasteiger charge is 2.36. The van der Waals surface area contributed by atoms with E-state index in [1.807, 2.05) is 12.1 Å². The average molecular weight is 319 g/mol. The molecular formula is C16H15ClN2O3. The minimum Gasteiger partial charge on any atom is -0.478 e. The maximum Gasteiger partial charge on any atom is 0.335 e. The number of aromatic carboxylic acids is 1. The normalized spacial score (nSPS) is 20.3. The second-order valence-corrected chi connectivity index (χ2v) is 5.84. The van der Waals surface area contributed by atoms with Crippen molar-refractivity contribution in [3.05, 3.63) is 52.4 Å². The molecule has 1 aliphatic rings. The molecule has 0 bridgehead atoms. The molecule has 0 saturated heterocycles. The highest BCUT2D eigenvalue weighted by molar-refractivity contribution is 6.33. The average Bonchev–Trinajstić information content (AvgIpc) is 3.03. The lowest BCUT2D eigenvalue weighted by Crippen LogP contribution is -1.98. The number of furan rings is 1. The van der Waals surface area contributed by atoms with Crippen LogP contribution < -0.4 is 5.43 Å². The zero-order valence-corrected chi connectivity index (χ0v) is 12.7. The molecule has 3 rings (SSSR count). The summed E-state index contributed by atoms with van der Waals surface area (Å²) in [5.41, 5.74) is 3.31. The summed E-state index contributed by atoms with van der Waals surface area (Å²) >= 11 is 6.00. The molecule has 114 valence electrons. The second-order valence-electron chi connectivity index (χ2n) is 5.43. The number of nitrogens with one attached hydrogen (secondary N) is 1. The molecule has 1 aliphatic carbocycles. The molecule has 2 aromatic rings. The number of halogens is 1. The van der Waals surface area contributed by atoms with Crippen molar-refractivity contribution in [2.45, 2.75) is 19.3 Å². The topological polar surface area (TPSA) is 74.8 Å². The van der Waals surface area contributed by atoms with Gasteiger partial charge in [-0.15, -0.1) is 0 Å². The number of anilines is 1. The number of carboxylic acid groups (broad SMARTS) is 1. The van der Waals surface area contributed by atoms with E-state index in [9.17, 15) is 4.79 Å². The Kier molecular flexibility index (Phi) is 3.90. The third-order valence-corrected chi connectivity index (χ3v) is 4.04. The van der Waals surface area contributed by atoms with E-state index in [-0.39, 0.29) is 5.56 Å². The van der Waals surface area contributed by atoms with Gasteiger partial charge in [0.2, 0.25) is 0 Å². The maximum absolute atomic E-state index is 10.9. The number of benzene rings is 1. The Labute approximate surface area is 132 Å². The van der Waals surface area contributed by atoms with Gasteiger partial charge in [-0.25, -0.2) is 4.79 Å². The van der Waals surface area contributed by atoms with Crippen molar-refractivity contribution in [3.63, 3.8) is 0 Å². The first-order valence-electron chi connectivity index (χ1n) is 6.96. The van der Waals surface area contributed by atoms with Crippen LogP contribution in [0.3, 0.4) is 0 Å². The number of carboxylic acids is 1. The van der Waals surface area contributed by atoms with Gasteiger partial charge < -0.3 is 9.52 Å². The largest absolute Gasteiger partial charge is 0.478 e. The van der Waals surface area contributed by atoms with Crippen LogP contribution in [-0.4, -0.2) is 17.3 Å². The van der Waals surface area contributed by atoms with Gasteiger partial charge in [0, 0.05) is 5.92 Å². The summed E-state index contributed by atoms with van der Waals surface area (Å²) in [7, 11) is 0. The van der Waals surface area contributed by atoms with Crippen LogP contribution in [0.4, 0.5) is 5.69 Å². The first-order chi connectivity index (χ1) is 10.5. The van der Waals surface area contributed by atoms with Crippen LogP contribution >= 0.6 is 11.6 Å². The molecule has 22 heavy (non-hydrogen) atoms. The quantitative estimate of drug-likeness (QED) is 0.640. The zero-order valence-electron chi connectivity index (χ0n) is 11.9. The van der Waals surface area contributed by atoms with Gasteiger partial charge in [0.25, 0.3) is 0 Å². The lowest BCUT2D eigenvalue weighted by Gasteiger charge is -2.04. The van der Waals surface area contributed by atoms with E-state index in [0.717, 1.165) is 5.76 Å². The maximum atomic E-state index is 10.9. The van der Waals surface area contributed by atoms with E-state index >= 15 is 0 Å². The van der Waals surface area contributed by atoms with Gasteiger partial charge in [0.05, 0.1) is 22.5 Å². The Hall–Kier alpha value is -2.27. The van der Waals surface area contributed by atoms with Crippen LogP contribution in [0.15, 0.2) is 39.9 Å². The Morgan fingerprint density at radius 1 is 1.45 bits per heavy atom. The molecule has 1 aromatic heterocycles. The smallest absolute Gasteiger partial charge is 0.335 e. The van der Waals surface area contributed by atoms with E-state index in [1.54, 1.807) is 6.21 Å². The van der Waals surface area contributed by atoms with E-state index < -0.39 is 5.97 Å².